The largest absolute Gasteiger partial charge is 0.489 e. The summed E-state index contributed by atoms with van der Waals surface area (Å²) in [6.45, 7) is 0.245. The first-order valence-corrected chi connectivity index (χ1v) is 12.2. The molecule has 0 spiro atoms. The monoisotopic (exact) mass is 507 g/mol. The summed E-state index contributed by atoms with van der Waals surface area (Å²) in [4.78, 5) is 14.0. The lowest BCUT2D eigenvalue weighted by atomic mass is 9.96. The predicted molar refractivity (Wildman–Crippen MR) is 135 cm³/mol. The van der Waals surface area contributed by atoms with Gasteiger partial charge in [0.1, 0.15) is 35.1 Å². The topological polar surface area (TPSA) is 85.9 Å². The van der Waals surface area contributed by atoms with Gasteiger partial charge in [-0.3, -0.25) is 4.79 Å². The third-order valence-corrected chi connectivity index (χ3v) is 7.25. The van der Waals surface area contributed by atoms with Gasteiger partial charge in [0.15, 0.2) is 0 Å². The van der Waals surface area contributed by atoms with Crippen LogP contribution in [0.15, 0.2) is 48.0 Å². The van der Waals surface area contributed by atoms with Crippen molar-refractivity contribution in [3.05, 3.63) is 85.2 Å². The fraction of sp³-hybridized carbons (Fsp3) is 0.192. The van der Waals surface area contributed by atoms with Gasteiger partial charge in [-0.15, -0.1) is 11.3 Å². The standard InChI is InChI=1S/C26H19Cl2N3O2S/c27-19-9-8-17(23(28)12-19)15-33-20-5-3-4-16(11-20)10-18(13-29)25(32)31-26-22(14-30)21-6-1-2-7-24(21)34-26/h3-5,8-12H,1-2,6-7,15H2,(H,31,32)/b18-10+. The Bertz CT molecular complexity index is 1370. The third-order valence-electron chi connectivity index (χ3n) is 5.45. The summed E-state index contributed by atoms with van der Waals surface area (Å²) in [7, 11) is 0. The van der Waals surface area contributed by atoms with Crippen molar-refractivity contribution in [1.29, 1.82) is 10.5 Å². The zero-order chi connectivity index (χ0) is 24.1. The Morgan fingerprint density at radius 2 is 1.97 bits per heavy atom. The van der Waals surface area contributed by atoms with Crippen LogP contribution in [-0.2, 0) is 24.2 Å². The second-order valence-electron chi connectivity index (χ2n) is 7.75. The highest BCUT2D eigenvalue weighted by atomic mass is 35.5. The summed E-state index contributed by atoms with van der Waals surface area (Å²) in [5.74, 6) is 0.0204. The van der Waals surface area contributed by atoms with E-state index in [2.05, 4.69) is 11.4 Å². The van der Waals surface area contributed by atoms with Crippen molar-refractivity contribution < 1.29 is 9.53 Å². The predicted octanol–water partition coefficient (Wildman–Crippen LogP) is 6.93. The number of carbonyl (C=O) groups is 1. The molecule has 1 aliphatic rings. The maximum atomic E-state index is 12.8. The van der Waals surface area contributed by atoms with Crippen LogP contribution in [0.3, 0.4) is 0 Å². The number of nitrogens with zero attached hydrogens (tertiary/aromatic N) is 2. The van der Waals surface area contributed by atoms with Crippen LogP contribution >= 0.6 is 34.5 Å². The van der Waals surface area contributed by atoms with Crippen molar-refractivity contribution in [2.75, 3.05) is 5.32 Å². The van der Waals surface area contributed by atoms with Crippen LogP contribution in [0.1, 0.15) is 40.0 Å². The highest BCUT2D eigenvalue weighted by molar-refractivity contribution is 7.16. The number of hydrogen-bond donors (Lipinski definition) is 1. The molecule has 5 nitrogen and oxygen atoms in total. The number of anilines is 1. The van der Waals surface area contributed by atoms with Crippen LogP contribution in [0.5, 0.6) is 5.75 Å². The van der Waals surface area contributed by atoms with Gasteiger partial charge in [-0.1, -0.05) is 41.4 Å². The van der Waals surface area contributed by atoms with Crippen LogP contribution in [-0.4, -0.2) is 5.91 Å². The van der Waals surface area contributed by atoms with Gasteiger partial charge in [0.25, 0.3) is 5.91 Å². The molecule has 170 valence electrons. The number of benzene rings is 2. The molecule has 0 unspecified atom stereocenters. The minimum absolute atomic E-state index is 0.0619. The van der Waals surface area contributed by atoms with E-state index in [1.807, 2.05) is 6.07 Å². The van der Waals surface area contributed by atoms with Crippen molar-refractivity contribution in [3.8, 4) is 17.9 Å². The molecule has 3 aromatic rings. The number of carbonyl (C=O) groups excluding carboxylic acids is 1. The van der Waals surface area contributed by atoms with E-state index in [1.165, 1.54) is 17.4 Å². The van der Waals surface area contributed by atoms with E-state index >= 15 is 0 Å². The average molecular weight is 508 g/mol. The maximum absolute atomic E-state index is 12.8. The first kappa shape index (κ1) is 23.9. The SMILES string of the molecule is N#C/C(=C\c1cccc(OCc2ccc(Cl)cc2Cl)c1)C(=O)Nc1sc2c(c1C#N)CCCC2. The van der Waals surface area contributed by atoms with Crippen molar-refractivity contribution in [1.82, 2.24) is 0 Å². The number of hydrogen-bond acceptors (Lipinski definition) is 5. The minimum atomic E-state index is -0.545. The molecule has 8 heteroatoms. The first-order valence-electron chi connectivity index (χ1n) is 10.6. The van der Waals surface area contributed by atoms with Gasteiger partial charge in [0, 0.05) is 20.5 Å². The number of fused-ring (bicyclic) bond motifs is 1. The van der Waals surface area contributed by atoms with Crippen LogP contribution < -0.4 is 10.1 Å². The fourth-order valence-corrected chi connectivity index (χ4v) is 5.45. The molecule has 34 heavy (non-hydrogen) atoms. The number of aryl methyl sites for hydroxylation is 1. The van der Waals surface area contributed by atoms with Gasteiger partial charge in [0.2, 0.25) is 0 Å². The second-order valence-corrected chi connectivity index (χ2v) is 9.70. The van der Waals surface area contributed by atoms with Crippen molar-refractivity contribution >= 4 is 51.5 Å². The van der Waals surface area contributed by atoms with E-state index in [0.717, 1.165) is 41.7 Å². The highest BCUT2D eigenvalue weighted by Gasteiger charge is 2.22. The zero-order valence-electron chi connectivity index (χ0n) is 18.0. The normalized spacial score (nSPS) is 12.9. The molecule has 0 atom stereocenters. The van der Waals surface area contributed by atoms with Gasteiger partial charge in [0.05, 0.1) is 5.56 Å². The van der Waals surface area contributed by atoms with E-state index in [0.29, 0.717) is 31.9 Å². The van der Waals surface area contributed by atoms with Crippen molar-refractivity contribution in [3.63, 3.8) is 0 Å². The molecule has 0 radical (unpaired) electrons. The molecule has 1 heterocycles. The second kappa shape index (κ2) is 10.8. The molecule has 4 rings (SSSR count). The van der Waals surface area contributed by atoms with E-state index in [4.69, 9.17) is 27.9 Å². The van der Waals surface area contributed by atoms with Crippen molar-refractivity contribution in [2.45, 2.75) is 32.3 Å². The van der Waals surface area contributed by atoms with Gasteiger partial charge in [-0.05, 0) is 67.2 Å². The fourth-order valence-electron chi connectivity index (χ4n) is 3.75. The molecule has 0 saturated heterocycles. The van der Waals surface area contributed by atoms with Crippen LogP contribution in [0.2, 0.25) is 10.0 Å². The number of halogens is 2. The van der Waals surface area contributed by atoms with E-state index in [1.54, 1.807) is 42.5 Å². The van der Waals surface area contributed by atoms with Gasteiger partial charge >= 0.3 is 0 Å². The number of nitrogens with one attached hydrogen (secondary N) is 1. The summed E-state index contributed by atoms with van der Waals surface area (Å²) >= 11 is 13.6. The zero-order valence-corrected chi connectivity index (χ0v) is 20.4. The minimum Gasteiger partial charge on any atom is -0.489 e. The summed E-state index contributed by atoms with van der Waals surface area (Å²) in [5, 5.41) is 23.5. The molecule has 0 saturated carbocycles. The van der Waals surface area contributed by atoms with Crippen molar-refractivity contribution in [2.24, 2.45) is 0 Å². The molecule has 0 fully saturated rings. The number of ether oxygens (including phenoxy) is 1. The van der Waals surface area contributed by atoms with E-state index < -0.39 is 5.91 Å². The Hall–Kier alpha value is -3.29. The molecule has 0 bridgehead atoms. The number of nitriles is 2. The van der Waals surface area contributed by atoms with Gasteiger partial charge in [-0.2, -0.15) is 10.5 Å². The Morgan fingerprint density at radius 3 is 2.74 bits per heavy atom. The molecule has 1 N–H and O–H groups in total. The van der Waals surface area contributed by atoms with Crippen LogP contribution in [0.25, 0.3) is 6.08 Å². The van der Waals surface area contributed by atoms with E-state index in [9.17, 15) is 15.3 Å². The average Bonchev–Trinajstić information content (AvgIpc) is 3.19. The smallest absolute Gasteiger partial charge is 0.266 e. The molecule has 0 aliphatic heterocycles. The number of amides is 1. The summed E-state index contributed by atoms with van der Waals surface area (Å²) < 4.78 is 5.83. The van der Waals surface area contributed by atoms with E-state index in [-0.39, 0.29) is 12.2 Å². The molecule has 1 aliphatic carbocycles. The van der Waals surface area contributed by atoms with Gasteiger partial charge < -0.3 is 10.1 Å². The number of thiophene rings is 1. The van der Waals surface area contributed by atoms with Gasteiger partial charge in [-0.25, -0.2) is 0 Å². The summed E-state index contributed by atoms with van der Waals surface area (Å²) in [5.41, 5.74) is 2.91. The Labute approximate surface area is 211 Å². The van der Waals surface area contributed by atoms with Crippen LogP contribution in [0, 0.1) is 22.7 Å². The third kappa shape index (κ3) is 5.43. The molecule has 2 aromatic carbocycles. The Balaban J connectivity index is 1.49. The molecular weight excluding hydrogens is 489 g/mol. The lowest BCUT2D eigenvalue weighted by Gasteiger charge is -2.09. The summed E-state index contributed by atoms with van der Waals surface area (Å²) in [6.07, 6.45) is 5.38. The number of rotatable bonds is 6. The lowest BCUT2D eigenvalue weighted by molar-refractivity contribution is -0.112. The quantitative estimate of drug-likeness (QED) is 0.289. The maximum Gasteiger partial charge on any atom is 0.266 e. The first-order chi connectivity index (χ1) is 16.5. The van der Waals surface area contributed by atoms with Crippen LogP contribution in [0.4, 0.5) is 5.00 Å². The highest BCUT2D eigenvalue weighted by Crippen LogP contribution is 2.37. The molecular formula is C26H19Cl2N3O2S. The molecule has 1 amide bonds. The molecule has 1 aromatic heterocycles. The Kier molecular flexibility index (Phi) is 7.55. The lowest BCUT2D eigenvalue weighted by Crippen LogP contribution is -2.13. The summed E-state index contributed by atoms with van der Waals surface area (Å²) in [6, 6.07) is 16.4. The Morgan fingerprint density at radius 1 is 1.15 bits per heavy atom.